The minimum Gasteiger partial charge on any atom is -0.393 e. The lowest BCUT2D eigenvalue weighted by atomic mass is 10.1. The van der Waals surface area contributed by atoms with Gasteiger partial charge in [-0.1, -0.05) is 48.5 Å². The van der Waals surface area contributed by atoms with Gasteiger partial charge in [-0.15, -0.1) is 0 Å². The molecule has 1 heterocycles. The van der Waals surface area contributed by atoms with Crippen LogP contribution >= 0.6 is 0 Å². The summed E-state index contributed by atoms with van der Waals surface area (Å²) in [5.74, 6) is 0.840. The summed E-state index contributed by atoms with van der Waals surface area (Å²) in [5, 5.41) is 16.4. The van der Waals surface area contributed by atoms with Crippen LogP contribution in [0.2, 0.25) is 0 Å². The third-order valence-electron chi connectivity index (χ3n) is 5.46. The summed E-state index contributed by atoms with van der Waals surface area (Å²) >= 11 is 0. The van der Waals surface area contributed by atoms with Crippen molar-refractivity contribution >= 4 is 5.96 Å². The highest BCUT2D eigenvalue weighted by Gasteiger charge is 2.16. The Hall–Kier alpha value is -2.37. The fourth-order valence-corrected chi connectivity index (χ4v) is 3.59. The van der Waals surface area contributed by atoms with E-state index in [0.29, 0.717) is 6.54 Å². The third-order valence-corrected chi connectivity index (χ3v) is 5.46. The van der Waals surface area contributed by atoms with Crippen LogP contribution in [-0.4, -0.2) is 41.7 Å². The van der Waals surface area contributed by atoms with Crippen LogP contribution in [0.4, 0.5) is 0 Å². The monoisotopic (exact) mass is 394 g/mol. The molecule has 1 fully saturated rings. The number of hydrogen-bond acceptors (Lipinski definition) is 3. The molecule has 0 aromatic heterocycles. The van der Waals surface area contributed by atoms with E-state index < -0.39 is 0 Å². The van der Waals surface area contributed by atoms with Gasteiger partial charge < -0.3 is 15.7 Å². The summed E-state index contributed by atoms with van der Waals surface area (Å²) in [7, 11) is 0. The fraction of sp³-hybridized carbons (Fsp3) is 0.458. The Labute approximate surface area is 174 Å². The van der Waals surface area contributed by atoms with Crippen molar-refractivity contribution in [2.75, 3.05) is 19.6 Å². The molecule has 156 valence electrons. The van der Waals surface area contributed by atoms with E-state index in [9.17, 15) is 5.11 Å². The summed E-state index contributed by atoms with van der Waals surface area (Å²) in [5.41, 5.74) is 5.09. The summed E-state index contributed by atoms with van der Waals surface area (Å²) in [6, 6.07) is 17.2. The van der Waals surface area contributed by atoms with Crippen LogP contribution < -0.4 is 10.6 Å². The maximum atomic E-state index is 9.64. The Kier molecular flexibility index (Phi) is 8.08. The first-order valence-corrected chi connectivity index (χ1v) is 10.7. The van der Waals surface area contributed by atoms with Gasteiger partial charge in [-0.3, -0.25) is 4.90 Å². The number of aryl methyl sites for hydroxylation is 1. The Bertz CT molecular complexity index is 780. The molecule has 0 bridgehead atoms. The van der Waals surface area contributed by atoms with Gasteiger partial charge in [-0.2, -0.15) is 0 Å². The van der Waals surface area contributed by atoms with Crippen LogP contribution in [0.25, 0.3) is 0 Å². The molecule has 0 atom stereocenters. The molecule has 2 aromatic carbocycles. The van der Waals surface area contributed by atoms with Gasteiger partial charge in [0.25, 0.3) is 0 Å². The first kappa shape index (κ1) is 21.3. The first-order chi connectivity index (χ1) is 14.1. The molecule has 5 nitrogen and oxygen atoms in total. The van der Waals surface area contributed by atoms with Gasteiger partial charge in [0.15, 0.2) is 5.96 Å². The number of piperidine rings is 1. The Morgan fingerprint density at radius 2 is 1.72 bits per heavy atom. The normalized spacial score (nSPS) is 16.0. The number of rotatable bonds is 7. The number of nitrogens with one attached hydrogen (secondary N) is 2. The van der Waals surface area contributed by atoms with Crippen molar-refractivity contribution in [2.24, 2.45) is 4.99 Å². The molecule has 3 N–H and O–H groups in total. The molecule has 2 aromatic rings. The summed E-state index contributed by atoms with van der Waals surface area (Å²) in [6.45, 7) is 9.38. The van der Waals surface area contributed by atoms with E-state index in [0.717, 1.165) is 51.5 Å². The van der Waals surface area contributed by atoms with Crippen molar-refractivity contribution in [2.45, 2.75) is 52.4 Å². The van der Waals surface area contributed by atoms with E-state index in [-0.39, 0.29) is 6.10 Å². The molecule has 1 aliphatic rings. The molecular weight excluding hydrogens is 360 g/mol. The second-order valence-electron chi connectivity index (χ2n) is 7.80. The zero-order valence-electron chi connectivity index (χ0n) is 17.7. The number of nitrogens with zero attached hydrogens (tertiary/aromatic N) is 2. The topological polar surface area (TPSA) is 59.9 Å². The molecule has 0 spiro atoms. The molecule has 1 aliphatic heterocycles. The predicted molar refractivity (Wildman–Crippen MR) is 120 cm³/mol. The van der Waals surface area contributed by atoms with Gasteiger partial charge >= 0.3 is 0 Å². The summed E-state index contributed by atoms with van der Waals surface area (Å²) in [4.78, 5) is 7.15. The average Bonchev–Trinajstić information content (AvgIpc) is 2.74. The zero-order valence-corrected chi connectivity index (χ0v) is 17.7. The number of benzene rings is 2. The van der Waals surface area contributed by atoms with Gasteiger partial charge in [0.05, 0.1) is 12.6 Å². The van der Waals surface area contributed by atoms with Crippen molar-refractivity contribution in [3.05, 3.63) is 70.8 Å². The predicted octanol–water partition coefficient (Wildman–Crippen LogP) is 3.21. The van der Waals surface area contributed by atoms with E-state index in [2.05, 4.69) is 77.9 Å². The lowest BCUT2D eigenvalue weighted by Crippen LogP contribution is -2.36. The maximum absolute atomic E-state index is 9.64. The average molecular weight is 395 g/mol. The Morgan fingerprint density at radius 3 is 2.41 bits per heavy atom. The van der Waals surface area contributed by atoms with E-state index in [1.807, 2.05) is 0 Å². The second kappa shape index (κ2) is 11.0. The van der Waals surface area contributed by atoms with Crippen LogP contribution in [0, 0.1) is 6.92 Å². The largest absolute Gasteiger partial charge is 0.393 e. The molecule has 0 amide bonds. The fourth-order valence-electron chi connectivity index (χ4n) is 3.59. The van der Waals surface area contributed by atoms with Crippen molar-refractivity contribution < 1.29 is 5.11 Å². The van der Waals surface area contributed by atoms with Gasteiger partial charge in [0.2, 0.25) is 0 Å². The molecular formula is C24H34N4O. The van der Waals surface area contributed by atoms with Crippen LogP contribution in [0.3, 0.4) is 0 Å². The molecule has 29 heavy (non-hydrogen) atoms. The number of hydrogen-bond donors (Lipinski definition) is 3. The Balaban J connectivity index is 1.52. The highest BCUT2D eigenvalue weighted by atomic mass is 16.3. The van der Waals surface area contributed by atoms with Crippen molar-refractivity contribution in [1.29, 1.82) is 0 Å². The van der Waals surface area contributed by atoms with E-state index >= 15 is 0 Å². The van der Waals surface area contributed by atoms with Gasteiger partial charge in [0.1, 0.15) is 0 Å². The van der Waals surface area contributed by atoms with Gasteiger partial charge in [-0.25, -0.2) is 4.99 Å². The van der Waals surface area contributed by atoms with Crippen molar-refractivity contribution in [3.63, 3.8) is 0 Å². The summed E-state index contributed by atoms with van der Waals surface area (Å²) < 4.78 is 0. The lowest BCUT2D eigenvalue weighted by Gasteiger charge is -2.29. The molecule has 3 rings (SSSR count). The number of aliphatic imine (C=N–C) groups is 1. The first-order valence-electron chi connectivity index (χ1n) is 10.7. The lowest BCUT2D eigenvalue weighted by molar-refractivity contribution is 0.0792. The number of likely N-dealkylation sites (tertiary alicyclic amines) is 1. The number of aliphatic hydroxyl groups excluding tert-OH is 1. The van der Waals surface area contributed by atoms with E-state index in [1.54, 1.807) is 0 Å². The van der Waals surface area contributed by atoms with Crippen LogP contribution in [0.1, 0.15) is 42.0 Å². The van der Waals surface area contributed by atoms with E-state index in [1.165, 1.54) is 22.3 Å². The summed E-state index contributed by atoms with van der Waals surface area (Å²) in [6.07, 6.45) is 1.65. The zero-order chi connectivity index (χ0) is 20.5. The molecule has 0 aliphatic carbocycles. The molecule has 0 saturated carbocycles. The van der Waals surface area contributed by atoms with Gasteiger partial charge in [0, 0.05) is 32.7 Å². The highest BCUT2D eigenvalue weighted by molar-refractivity contribution is 5.79. The van der Waals surface area contributed by atoms with Crippen molar-refractivity contribution in [3.8, 4) is 0 Å². The van der Waals surface area contributed by atoms with Crippen LogP contribution in [0.15, 0.2) is 53.5 Å². The number of guanidine groups is 1. The minimum absolute atomic E-state index is 0.114. The minimum atomic E-state index is -0.114. The Morgan fingerprint density at radius 1 is 1.03 bits per heavy atom. The molecule has 0 unspecified atom stereocenters. The van der Waals surface area contributed by atoms with Crippen molar-refractivity contribution in [1.82, 2.24) is 15.5 Å². The quantitative estimate of drug-likeness (QED) is 0.499. The van der Waals surface area contributed by atoms with Crippen LogP contribution in [0.5, 0.6) is 0 Å². The second-order valence-corrected chi connectivity index (χ2v) is 7.80. The maximum Gasteiger partial charge on any atom is 0.191 e. The molecule has 5 heteroatoms. The SMILES string of the molecule is CCNC(=NCc1ccc(CN2CCC(O)CC2)cc1)NCc1ccccc1C. The molecule has 1 saturated heterocycles. The van der Waals surface area contributed by atoms with Crippen LogP contribution in [-0.2, 0) is 19.6 Å². The van der Waals surface area contributed by atoms with Gasteiger partial charge in [-0.05, 0) is 48.9 Å². The highest BCUT2D eigenvalue weighted by Crippen LogP contribution is 2.14. The number of aliphatic hydroxyl groups is 1. The standard InChI is InChI=1S/C24H34N4O/c1-3-25-24(27-17-22-7-5-4-6-19(22)2)26-16-20-8-10-21(11-9-20)18-28-14-12-23(29)13-15-28/h4-11,23,29H,3,12-18H2,1-2H3,(H2,25,26,27). The van der Waals surface area contributed by atoms with E-state index in [4.69, 9.17) is 4.99 Å². The third kappa shape index (κ3) is 6.87. The smallest absolute Gasteiger partial charge is 0.191 e. The molecule has 0 radical (unpaired) electrons.